The fourth-order valence-corrected chi connectivity index (χ4v) is 4.09. The van der Waals surface area contributed by atoms with Crippen molar-refractivity contribution in [2.75, 3.05) is 13.1 Å². The Morgan fingerprint density at radius 3 is 2.96 bits per heavy atom. The summed E-state index contributed by atoms with van der Waals surface area (Å²) >= 11 is 1.57. The molecule has 7 heteroatoms. The molecule has 2 heterocycles. The topological polar surface area (TPSA) is 62.3 Å². The van der Waals surface area contributed by atoms with Crippen LogP contribution in [0.15, 0.2) is 29.6 Å². The van der Waals surface area contributed by atoms with Crippen LogP contribution in [0, 0.1) is 11.7 Å². The van der Waals surface area contributed by atoms with Gasteiger partial charge in [0.25, 0.3) is 5.91 Å². The Kier molecular flexibility index (Phi) is 6.21. The summed E-state index contributed by atoms with van der Waals surface area (Å²) in [6.07, 6.45) is 1.86. The maximum absolute atomic E-state index is 13.4. The number of nitrogens with one attached hydrogen (secondary N) is 1. The molecule has 1 aromatic heterocycles. The lowest BCUT2D eigenvalue weighted by Gasteiger charge is -2.32. The van der Waals surface area contributed by atoms with Crippen molar-refractivity contribution >= 4 is 23.2 Å². The first-order valence-electron chi connectivity index (χ1n) is 9.21. The third-order valence-electron chi connectivity index (χ3n) is 4.67. The highest BCUT2D eigenvalue weighted by Gasteiger charge is 2.27. The fraction of sp³-hybridized carbons (Fsp3) is 0.450. The number of halogens is 1. The summed E-state index contributed by atoms with van der Waals surface area (Å²) in [7, 11) is 0. The van der Waals surface area contributed by atoms with Crippen LogP contribution in [0.3, 0.4) is 0 Å². The summed E-state index contributed by atoms with van der Waals surface area (Å²) in [5.74, 6) is -0.406. The predicted octanol–water partition coefficient (Wildman–Crippen LogP) is 3.57. The maximum Gasteiger partial charge on any atom is 0.253 e. The van der Waals surface area contributed by atoms with Gasteiger partial charge in [0.1, 0.15) is 5.82 Å². The largest absolute Gasteiger partial charge is 0.350 e. The van der Waals surface area contributed by atoms with Gasteiger partial charge in [-0.2, -0.15) is 0 Å². The molecule has 2 aromatic rings. The third kappa shape index (κ3) is 4.91. The zero-order chi connectivity index (χ0) is 19.4. The average molecular weight is 389 g/mol. The quantitative estimate of drug-likeness (QED) is 0.850. The molecule has 1 unspecified atom stereocenters. The van der Waals surface area contributed by atoms with Gasteiger partial charge < -0.3 is 10.2 Å². The van der Waals surface area contributed by atoms with Gasteiger partial charge in [-0.05, 0) is 31.0 Å². The predicted molar refractivity (Wildman–Crippen MR) is 103 cm³/mol. The molecular formula is C20H24FN3O2S. The molecule has 0 aliphatic carbocycles. The lowest BCUT2D eigenvalue weighted by Crippen LogP contribution is -2.39. The Bertz CT molecular complexity index is 821. The van der Waals surface area contributed by atoms with Gasteiger partial charge in [-0.1, -0.05) is 19.9 Å². The van der Waals surface area contributed by atoms with Crippen LogP contribution in [0.25, 0.3) is 0 Å². The molecule has 1 atom stereocenters. The summed E-state index contributed by atoms with van der Waals surface area (Å²) in [6, 6.07) is 5.83. The molecule has 3 rings (SSSR count). The van der Waals surface area contributed by atoms with Crippen molar-refractivity contribution in [1.29, 1.82) is 0 Å². The first-order chi connectivity index (χ1) is 12.9. The minimum atomic E-state index is -0.401. The zero-order valence-electron chi connectivity index (χ0n) is 15.6. The molecule has 2 amide bonds. The van der Waals surface area contributed by atoms with E-state index in [1.54, 1.807) is 28.4 Å². The van der Waals surface area contributed by atoms with E-state index in [1.807, 2.05) is 19.2 Å². The second kappa shape index (κ2) is 8.61. The van der Waals surface area contributed by atoms with Gasteiger partial charge in [-0.25, -0.2) is 9.37 Å². The van der Waals surface area contributed by atoms with Crippen LogP contribution in [0.1, 0.15) is 53.7 Å². The van der Waals surface area contributed by atoms with Crippen LogP contribution in [0.2, 0.25) is 0 Å². The molecule has 1 fully saturated rings. The van der Waals surface area contributed by atoms with Crippen molar-refractivity contribution in [3.63, 3.8) is 0 Å². The first kappa shape index (κ1) is 19.5. The second-order valence-electron chi connectivity index (χ2n) is 7.15. The molecule has 0 spiro atoms. The lowest BCUT2D eigenvalue weighted by molar-refractivity contribution is -0.124. The number of aromatic nitrogens is 1. The molecular weight excluding hydrogens is 365 g/mol. The van der Waals surface area contributed by atoms with Crippen molar-refractivity contribution in [3.8, 4) is 0 Å². The number of likely N-dealkylation sites (tertiary alicyclic amines) is 1. The third-order valence-corrected chi connectivity index (χ3v) is 5.72. The highest BCUT2D eigenvalue weighted by Crippen LogP contribution is 2.30. The SMILES string of the molecule is CC(C)C(=O)NCc1csc(C2CCCN(C(=O)c3cccc(F)c3)C2)n1. The van der Waals surface area contributed by atoms with Gasteiger partial charge in [-0.3, -0.25) is 9.59 Å². The van der Waals surface area contributed by atoms with Gasteiger partial charge in [0.05, 0.1) is 17.2 Å². The summed E-state index contributed by atoms with van der Waals surface area (Å²) in [6.45, 7) is 5.39. The van der Waals surface area contributed by atoms with Gasteiger partial charge in [0.2, 0.25) is 5.91 Å². The van der Waals surface area contributed by atoms with Crippen molar-refractivity contribution in [3.05, 3.63) is 51.7 Å². The highest BCUT2D eigenvalue weighted by atomic mass is 32.1. The molecule has 0 saturated carbocycles. The van der Waals surface area contributed by atoms with Crippen molar-refractivity contribution in [1.82, 2.24) is 15.2 Å². The zero-order valence-corrected chi connectivity index (χ0v) is 16.4. The van der Waals surface area contributed by atoms with Crippen LogP contribution in [-0.4, -0.2) is 34.8 Å². The van der Waals surface area contributed by atoms with E-state index < -0.39 is 5.82 Å². The number of piperidine rings is 1. The molecule has 1 saturated heterocycles. The summed E-state index contributed by atoms with van der Waals surface area (Å²) in [4.78, 5) is 30.8. The van der Waals surface area contributed by atoms with E-state index in [9.17, 15) is 14.0 Å². The Labute approximate surface area is 162 Å². The molecule has 1 aliphatic rings. The smallest absolute Gasteiger partial charge is 0.253 e. The van der Waals surface area contributed by atoms with Crippen LogP contribution < -0.4 is 5.32 Å². The number of nitrogens with zero attached hydrogens (tertiary/aromatic N) is 2. The van der Waals surface area contributed by atoms with E-state index in [4.69, 9.17) is 0 Å². The van der Waals surface area contributed by atoms with E-state index in [1.165, 1.54) is 12.1 Å². The van der Waals surface area contributed by atoms with E-state index in [2.05, 4.69) is 10.3 Å². The van der Waals surface area contributed by atoms with E-state index in [0.29, 0.717) is 25.2 Å². The van der Waals surface area contributed by atoms with Crippen molar-refractivity contribution in [2.24, 2.45) is 5.92 Å². The van der Waals surface area contributed by atoms with E-state index in [-0.39, 0.29) is 23.7 Å². The number of rotatable bonds is 5. The Balaban J connectivity index is 1.63. The molecule has 1 aromatic carbocycles. The number of carbonyl (C=O) groups excluding carboxylic acids is 2. The molecule has 5 nitrogen and oxygen atoms in total. The minimum absolute atomic E-state index is 0.00841. The van der Waals surface area contributed by atoms with Gasteiger partial charge in [-0.15, -0.1) is 11.3 Å². The van der Waals surface area contributed by atoms with Crippen LogP contribution >= 0.6 is 11.3 Å². The minimum Gasteiger partial charge on any atom is -0.350 e. The van der Waals surface area contributed by atoms with Crippen LogP contribution in [0.4, 0.5) is 4.39 Å². The summed E-state index contributed by atoms with van der Waals surface area (Å²) in [5.41, 5.74) is 1.23. The monoisotopic (exact) mass is 389 g/mol. The molecule has 27 heavy (non-hydrogen) atoms. The van der Waals surface area contributed by atoms with Crippen molar-refractivity contribution < 1.29 is 14.0 Å². The summed E-state index contributed by atoms with van der Waals surface area (Å²) in [5, 5.41) is 5.82. The Morgan fingerprint density at radius 2 is 2.22 bits per heavy atom. The normalized spacial score (nSPS) is 17.2. The number of amides is 2. The Morgan fingerprint density at radius 1 is 1.41 bits per heavy atom. The van der Waals surface area contributed by atoms with Gasteiger partial charge >= 0.3 is 0 Å². The number of hydrogen-bond donors (Lipinski definition) is 1. The van der Waals surface area contributed by atoms with Gasteiger partial charge in [0.15, 0.2) is 0 Å². The molecule has 144 valence electrons. The highest BCUT2D eigenvalue weighted by molar-refractivity contribution is 7.09. The van der Waals surface area contributed by atoms with Crippen LogP contribution in [0.5, 0.6) is 0 Å². The van der Waals surface area contributed by atoms with Crippen LogP contribution in [-0.2, 0) is 11.3 Å². The lowest BCUT2D eigenvalue weighted by atomic mass is 9.98. The summed E-state index contributed by atoms with van der Waals surface area (Å²) < 4.78 is 13.4. The maximum atomic E-state index is 13.4. The number of hydrogen-bond acceptors (Lipinski definition) is 4. The first-order valence-corrected chi connectivity index (χ1v) is 10.1. The number of benzene rings is 1. The standard InChI is InChI=1S/C20H24FN3O2S/c1-13(2)18(25)22-10-17-12-27-19(23-17)15-6-4-8-24(11-15)20(26)14-5-3-7-16(21)9-14/h3,5,7,9,12-13,15H,4,6,8,10-11H2,1-2H3,(H,22,25). The second-order valence-corrected chi connectivity index (χ2v) is 8.04. The molecule has 0 bridgehead atoms. The fourth-order valence-electron chi connectivity index (χ4n) is 3.14. The number of thiazole rings is 1. The number of carbonyl (C=O) groups is 2. The Hall–Kier alpha value is -2.28. The van der Waals surface area contributed by atoms with Crippen molar-refractivity contribution in [2.45, 2.75) is 39.2 Å². The molecule has 1 aliphatic heterocycles. The van der Waals surface area contributed by atoms with Gasteiger partial charge in [0, 0.05) is 35.9 Å². The average Bonchev–Trinajstić information content (AvgIpc) is 3.14. The van der Waals surface area contributed by atoms with E-state index >= 15 is 0 Å². The molecule has 1 N–H and O–H groups in total. The van der Waals surface area contributed by atoms with E-state index in [0.717, 1.165) is 23.5 Å². The molecule has 0 radical (unpaired) electrons.